The summed E-state index contributed by atoms with van der Waals surface area (Å²) in [5, 5.41) is 0. The molecule has 0 aromatic heterocycles. The standard InChI is InChI=1S/C16H21BrFN3O2/c1-16(2,3)23-15(22)21-8-9-4-10(21)7-20(9)14-5-11(17)13(19)6-12(14)18/h5-6,9-10H,4,7-8,19H2,1-3H3/t9-,10-/m0/s1. The van der Waals surface area contributed by atoms with Crippen molar-refractivity contribution in [2.75, 3.05) is 23.7 Å². The second-order valence-electron chi connectivity index (χ2n) is 7.15. The van der Waals surface area contributed by atoms with Gasteiger partial charge in [0.25, 0.3) is 0 Å². The van der Waals surface area contributed by atoms with Crippen molar-refractivity contribution in [3.05, 3.63) is 22.4 Å². The lowest BCUT2D eigenvalue weighted by Gasteiger charge is -2.36. The zero-order valence-corrected chi connectivity index (χ0v) is 15.1. The lowest BCUT2D eigenvalue weighted by atomic mass is 10.2. The van der Waals surface area contributed by atoms with Crippen molar-refractivity contribution >= 4 is 33.4 Å². The summed E-state index contributed by atoms with van der Waals surface area (Å²) >= 11 is 3.35. The third-order valence-corrected chi connectivity index (χ3v) is 4.93. The molecule has 2 fully saturated rings. The van der Waals surface area contributed by atoms with E-state index in [1.54, 1.807) is 11.0 Å². The summed E-state index contributed by atoms with van der Waals surface area (Å²) in [5.41, 5.74) is 6.11. The number of nitrogens with zero attached hydrogens (tertiary/aromatic N) is 2. The van der Waals surface area contributed by atoms with Gasteiger partial charge < -0.3 is 20.3 Å². The minimum atomic E-state index is -0.507. The highest BCUT2D eigenvalue weighted by atomic mass is 79.9. The minimum Gasteiger partial charge on any atom is -0.444 e. The SMILES string of the molecule is CC(C)(C)OC(=O)N1C[C@@H]2C[C@H]1CN2c1cc(Br)c(N)cc1F. The van der Waals surface area contributed by atoms with Gasteiger partial charge in [0.2, 0.25) is 0 Å². The van der Waals surface area contributed by atoms with Crippen molar-refractivity contribution in [2.45, 2.75) is 44.9 Å². The molecule has 2 bridgehead atoms. The Hall–Kier alpha value is -1.50. The van der Waals surface area contributed by atoms with Gasteiger partial charge in [-0.05, 0) is 49.2 Å². The van der Waals surface area contributed by atoms with Gasteiger partial charge >= 0.3 is 6.09 Å². The van der Waals surface area contributed by atoms with Crippen LogP contribution in [0.3, 0.4) is 0 Å². The van der Waals surface area contributed by atoms with Gasteiger partial charge in [0.15, 0.2) is 0 Å². The van der Waals surface area contributed by atoms with Crippen LogP contribution in [0.25, 0.3) is 0 Å². The molecule has 1 amide bonds. The van der Waals surface area contributed by atoms with E-state index in [0.29, 0.717) is 28.9 Å². The summed E-state index contributed by atoms with van der Waals surface area (Å²) in [6.07, 6.45) is 0.546. The van der Waals surface area contributed by atoms with Gasteiger partial charge in [-0.3, -0.25) is 0 Å². The number of benzene rings is 1. The first-order chi connectivity index (χ1) is 10.7. The van der Waals surface area contributed by atoms with Gasteiger partial charge in [-0.25, -0.2) is 9.18 Å². The van der Waals surface area contributed by atoms with Gasteiger partial charge in [0.05, 0.1) is 11.7 Å². The first kappa shape index (κ1) is 16.4. The van der Waals surface area contributed by atoms with Crippen molar-refractivity contribution < 1.29 is 13.9 Å². The van der Waals surface area contributed by atoms with Gasteiger partial charge in [-0.1, -0.05) is 0 Å². The maximum absolute atomic E-state index is 14.2. The summed E-state index contributed by atoms with van der Waals surface area (Å²) in [5.74, 6) is -0.331. The number of nitrogen functional groups attached to an aromatic ring is 1. The summed E-state index contributed by atoms with van der Waals surface area (Å²) in [6, 6.07) is 3.21. The molecule has 0 saturated carbocycles. The zero-order valence-electron chi connectivity index (χ0n) is 13.5. The van der Waals surface area contributed by atoms with Crippen molar-refractivity contribution in [3.8, 4) is 0 Å². The van der Waals surface area contributed by atoms with E-state index in [1.165, 1.54) is 6.07 Å². The number of carbonyl (C=O) groups is 1. The number of nitrogens with two attached hydrogens (primary N) is 1. The van der Waals surface area contributed by atoms with Crippen LogP contribution >= 0.6 is 15.9 Å². The number of anilines is 2. The van der Waals surface area contributed by atoms with Gasteiger partial charge in [-0.15, -0.1) is 0 Å². The highest BCUT2D eigenvalue weighted by Gasteiger charge is 2.47. The molecular formula is C16H21BrFN3O2. The molecule has 7 heteroatoms. The van der Waals surface area contributed by atoms with Crippen LogP contribution in [0, 0.1) is 5.82 Å². The Morgan fingerprint density at radius 2 is 2.04 bits per heavy atom. The molecule has 0 unspecified atom stereocenters. The maximum Gasteiger partial charge on any atom is 0.410 e. The molecule has 2 aliphatic heterocycles. The second-order valence-corrected chi connectivity index (χ2v) is 8.01. The molecule has 0 aliphatic carbocycles. The monoisotopic (exact) mass is 385 g/mol. The number of halogens is 2. The third-order valence-electron chi connectivity index (χ3n) is 4.24. The average Bonchev–Trinajstić information content (AvgIpc) is 3.00. The first-order valence-electron chi connectivity index (χ1n) is 7.66. The topological polar surface area (TPSA) is 58.8 Å². The van der Waals surface area contributed by atoms with E-state index in [9.17, 15) is 9.18 Å². The summed E-state index contributed by atoms with van der Waals surface area (Å²) < 4.78 is 20.4. The smallest absolute Gasteiger partial charge is 0.410 e. The van der Waals surface area contributed by atoms with Crippen LogP contribution in [0.5, 0.6) is 0 Å². The van der Waals surface area contributed by atoms with Crippen LogP contribution < -0.4 is 10.6 Å². The predicted octanol–water partition coefficient (Wildman–Crippen LogP) is 3.37. The number of hydrogen-bond acceptors (Lipinski definition) is 4. The van der Waals surface area contributed by atoms with Crippen LogP contribution in [0.1, 0.15) is 27.2 Å². The van der Waals surface area contributed by atoms with E-state index in [1.807, 2.05) is 25.7 Å². The van der Waals surface area contributed by atoms with E-state index in [2.05, 4.69) is 15.9 Å². The molecule has 1 aromatic rings. The lowest BCUT2D eigenvalue weighted by molar-refractivity contribution is 0.0214. The molecule has 0 spiro atoms. The number of fused-ring (bicyclic) bond motifs is 2. The van der Waals surface area contributed by atoms with E-state index in [-0.39, 0.29) is 24.0 Å². The Kier molecular flexibility index (Phi) is 3.94. The molecule has 2 heterocycles. The normalized spacial score (nSPS) is 23.5. The molecule has 2 aliphatic rings. The quantitative estimate of drug-likeness (QED) is 0.752. The maximum atomic E-state index is 14.2. The molecule has 126 valence electrons. The summed E-state index contributed by atoms with van der Waals surface area (Å²) in [6.45, 7) is 6.73. The highest BCUT2D eigenvalue weighted by molar-refractivity contribution is 9.10. The van der Waals surface area contributed by atoms with Crippen molar-refractivity contribution in [1.82, 2.24) is 4.90 Å². The molecule has 0 radical (unpaired) electrons. The van der Waals surface area contributed by atoms with Crippen LogP contribution in [0.4, 0.5) is 20.6 Å². The van der Waals surface area contributed by atoms with Gasteiger partial charge in [0, 0.05) is 35.4 Å². The molecule has 2 saturated heterocycles. The second kappa shape index (κ2) is 5.54. The number of rotatable bonds is 1. The van der Waals surface area contributed by atoms with E-state index < -0.39 is 5.60 Å². The predicted molar refractivity (Wildman–Crippen MR) is 91.0 cm³/mol. The largest absolute Gasteiger partial charge is 0.444 e. The molecule has 5 nitrogen and oxygen atoms in total. The van der Waals surface area contributed by atoms with Crippen LogP contribution in [0.2, 0.25) is 0 Å². The third kappa shape index (κ3) is 3.11. The molecular weight excluding hydrogens is 365 g/mol. The van der Waals surface area contributed by atoms with E-state index in [4.69, 9.17) is 10.5 Å². The molecule has 1 aromatic carbocycles. The van der Waals surface area contributed by atoms with Gasteiger partial charge in [-0.2, -0.15) is 0 Å². The zero-order chi connectivity index (χ0) is 16.9. The van der Waals surface area contributed by atoms with E-state index in [0.717, 1.165) is 6.42 Å². The Bertz CT molecular complexity index is 647. The van der Waals surface area contributed by atoms with E-state index >= 15 is 0 Å². The van der Waals surface area contributed by atoms with Crippen LogP contribution in [0.15, 0.2) is 16.6 Å². The number of piperazine rings is 1. The molecule has 2 N–H and O–H groups in total. The number of ether oxygens (including phenoxy) is 1. The average molecular weight is 386 g/mol. The fraction of sp³-hybridized carbons (Fsp3) is 0.562. The van der Waals surface area contributed by atoms with Crippen molar-refractivity contribution in [1.29, 1.82) is 0 Å². The minimum absolute atomic E-state index is 0.0607. The first-order valence-corrected chi connectivity index (χ1v) is 8.46. The van der Waals surface area contributed by atoms with Crippen LogP contribution in [-0.2, 0) is 4.74 Å². The molecule has 3 rings (SSSR count). The fourth-order valence-electron chi connectivity index (χ4n) is 3.28. The Balaban J connectivity index is 1.74. The Labute approximate surface area is 143 Å². The number of likely N-dealkylation sites (tertiary alicyclic amines) is 1. The fourth-order valence-corrected chi connectivity index (χ4v) is 3.61. The number of hydrogen-bond donors (Lipinski definition) is 1. The highest BCUT2D eigenvalue weighted by Crippen LogP contribution is 2.38. The molecule has 23 heavy (non-hydrogen) atoms. The Morgan fingerprint density at radius 3 is 2.61 bits per heavy atom. The molecule has 2 atom stereocenters. The van der Waals surface area contributed by atoms with Crippen molar-refractivity contribution in [2.24, 2.45) is 0 Å². The number of carbonyl (C=O) groups excluding carboxylic acids is 1. The lowest BCUT2D eigenvalue weighted by Crippen LogP contribution is -2.50. The summed E-state index contributed by atoms with van der Waals surface area (Å²) in [4.78, 5) is 16.0. The Morgan fingerprint density at radius 1 is 1.35 bits per heavy atom. The van der Waals surface area contributed by atoms with Crippen LogP contribution in [-0.4, -0.2) is 41.8 Å². The summed E-state index contributed by atoms with van der Waals surface area (Å²) in [7, 11) is 0. The number of amides is 1. The van der Waals surface area contributed by atoms with Gasteiger partial charge in [0.1, 0.15) is 11.4 Å². The van der Waals surface area contributed by atoms with Crippen molar-refractivity contribution in [3.63, 3.8) is 0 Å².